The highest BCUT2D eigenvalue weighted by Crippen LogP contribution is 2.28. The van der Waals surface area contributed by atoms with E-state index in [0.717, 1.165) is 18.8 Å². The van der Waals surface area contributed by atoms with E-state index in [1.165, 1.54) is 9.13 Å². The topological polar surface area (TPSA) is 16.1 Å². The zero-order valence-electron chi connectivity index (χ0n) is 5.72. The molecular weight excluding hydrogens is 366 g/mol. The van der Waals surface area contributed by atoms with Gasteiger partial charge in [0.15, 0.2) is 0 Å². The molecule has 1 aromatic heterocycles. The van der Waals surface area contributed by atoms with E-state index in [0.29, 0.717) is 0 Å². The van der Waals surface area contributed by atoms with E-state index in [9.17, 15) is 0 Å². The molecule has 0 N–H and O–H groups in total. The third-order valence-electron chi connectivity index (χ3n) is 1.72. The quantitative estimate of drug-likeness (QED) is 0.514. The highest BCUT2D eigenvalue weighted by atomic mass is 127. The predicted octanol–water partition coefficient (Wildman–Crippen LogP) is 2.40. The minimum absolute atomic E-state index is 1.10. The van der Waals surface area contributed by atoms with E-state index in [2.05, 4.69) is 59.6 Å². The van der Waals surface area contributed by atoms with Gasteiger partial charge in [-0.3, -0.25) is 3.11 Å². The summed E-state index contributed by atoms with van der Waals surface area (Å²) in [5.41, 5.74) is 1.38. The summed E-state index contributed by atoms with van der Waals surface area (Å²) < 4.78 is 3.40. The summed E-state index contributed by atoms with van der Waals surface area (Å²) in [6, 6.07) is 2.21. The predicted molar refractivity (Wildman–Crippen MR) is 62.0 cm³/mol. The molecule has 0 atom stereocenters. The zero-order chi connectivity index (χ0) is 7.84. The van der Waals surface area contributed by atoms with Crippen LogP contribution in [-0.4, -0.2) is 11.5 Å². The van der Waals surface area contributed by atoms with E-state index in [-0.39, 0.29) is 0 Å². The number of nitrogens with zero attached hydrogens (tertiary/aromatic N) is 2. The van der Waals surface area contributed by atoms with Crippen molar-refractivity contribution >= 4 is 51.3 Å². The highest BCUT2D eigenvalue weighted by Gasteiger charge is 2.17. The molecule has 4 heteroatoms. The van der Waals surface area contributed by atoms with Gasteiger partial charge in [-0.15, -0.1) is 0 Å². The van der Waals surface area contributed by atoms with Gasteiger partial charge in [0, 0.05) is 16.3 Å². The van der Waals surface area contributed by atoms with Crippen LogP contribution in [0, 0.1) is 3.57 Å². The van der Waals surface area contributed by atoms with Crippen LogP contribution in [0.5, 0.6) is 0 Å². The summed E-state index contributed by atoms with van der Waals surface area (Å²) in [7, 11) is 0. The molecular formula is C7H6I2N2. The van der Waals surface area contributed by atoms with Crippen molar-refractivity contribution in [3.05, 3.63) is 21.4 Å². The van der Waals surface area contributed by atoms with Gasteiger partial charge in [-0.05, 0) is 40.6 Å². The summed E-state index contributed by atoms with van der Waals surface area (Å²) in [5.74, 6) is 1.14. The van der Waals surface area contributed by atoms with Crippen molar-refractivity contribution in [3.63, 3.8) is 0 Å². The Kier molecular flexibility index (Phi) is 2.22. The fraction of sp³-hybridized carbons (Fsp3) is 0.286. The van der Waals surface area contributed by atoms with Crippen molar-refractivity contribution in [2.75, 3.05) is 9.66 Å². The van der Waals surface area contributed by atoms with Gasteiger partial charge in [-0.1, -0.05) is 0 Å². The Labute approximate surface area is 93.0 Å². The maximum atomic E-state index is 4.35. The van der Waals surface area contributed by atoms with Crippen molar-refractivity contribution in [3.8, 4) is 0 Å². The number of rotatable bonds is 0. The van der Waals surface area contributed by atoms with Crippen molar-refractivity contribution in [2.45, 2.75) is 6.42 Å². The van der Waals surface area contributed by atoms with Crippen LogP contribution < -0.4 is 3.11 Å². The Morgan fingerprint density at radius 2 is 2.36 bits per heavy atom. The first kappa shape index (κ1) is 8.03. The molecule has 0 unspecified atom stereocenters. The molecule has 0 aliphatic carbocycles. The standard InChI is InChI=1S/C7H6I2N2/c8-6-3-5-1-2-11(9)7(5)10-4-6/h3-4H,1-2H2. The lowest BCUT2D eigenvalue weighted by Gasteiger charge is -2.06. The third kappa shape index (κ3) is 1.47. The SMILES string of the molecule is Ic1cnc2c(c1)CCN2I. The van der Waals surface area contributed by atoms with Crippen molar-refractivity contribution in [1.29, 1.82) is 0 Å². The highest BCUT2D eigenvalue weighted by molar-refractivity contribution is 14.1. The summed E-state index contributed by atoms with van der Waals surface area (Å²) in [6.07, 6.45) is 3.05. The van der Waals surface area contributed by atoms with Crippen LogP contribution in [0.4, 0.5) is 5.82 Å². The molecule has 0 amide bonds. The molecule has 11 heavy (non-hydrogen) atoms. The van der Waals surface area contributed by atoms with E-state index in [4.69, 9.17) is 0 Å². The Bertz CT molecular complexity index is 288. The van der Waals surface area contributed by atoms with E-state index in [1.807, 2.05) is 6.20 Å². The van der Waals surface area contributed by atoms with Crippen molar-refractivity contribution in [2.24, 2.45) is 0 Å². The molecule has 0 fully saturated rings. The lowest BCUT2D eigenvalue weighted by atomic mass is 10.2. The smallest absolute Gasteiger partial charge is 0.140 e. The van der Waals surface area contributed by atoms with Crippen LogP contribution in [0.3, 0.4) is 0 Å². The zero-order valence-corrected chi connectivity index (χ0v) is 10.0. The molecule has 0 saturated carbocycles. The van der Waals surface area contributed by atoms with E-state index < -0.39 is 0 Å². The van der Waals surface area contributed by atoms with Crippen LogP contribution in [0.1, 0.15) is 5.56 Å². The maximum absolute atomic E-state index is 4.35. The summed E-state index contributed by atoms with van der Waals surface area (Å²) in [4.78, 5) is 4.35. The molecule has 0 bridgehead atoms. The third-order valence-corrected chi connectivity index (χ3v) is 3.25. The van der Waals surface area contributed by atoms with Crippen molar-refractivity contribution < 1.29 is 0 Å². The van der Waals surface area contributed by atoms with Crippen LogP contribution in [0.2, 0.25) is 0 Å². The van der Waals surface area contributed by atoms with E-state index in [1.54, 1.807) is 0 Å². The second-order valence-corrected chi connectivity index (χ2v) is 4.88. The van der Waals surface area contributed by atoms with Crippen LogP contribution >= 0.6 is 45.5 Å². The molecule has 2 nitrogen and oxygen atoms in total. The number of anilines is 1. The first-order valence-corrected chi connectivity index (χ1v) is 5.39. The Balaban J connectivity index is 2.50. The minimum atomic E-state index is 1.10. The number of hydrogen-bond acceptors (Lipinski definition) is 2. The van der Waals surface area contributed by atoms with Gasteiger partial charge in [0.2, 0.25) is 0 Å². The van der Waals surface area contributed by atoms with Crippen molar-refractivity contribution in [1.82, 2.24) is 4.98 Å². The number of fused-ring (bicyclic) bond motifs is 1. The molecule has 0 spiro atoms. The summed E-state index contributed by atoms with van der Waals surface area (Å²) in [5, 5.41) is 0. The fourth-order valence-electron chi connectivity index (χ4n) is 1.20. The maximum Gasteiger partial charge on any atom is 0.140 e. The Hall–Kier alpha value is 0.410. The van der Waals surface area contributed by atoms with Crippen LogP contribution in [0.15, 0.2) is 12.3 Å². The second kappa shape index (κ2) is 3.04. The average molecular weight is 372 g/mol. The number of hydrogen-bond donors (Lipinski definition) is 0. The van der Waals surface area contributed by atoms with Gasteiger partial charge in [0.05, 0.1) is 22.9 Å². The minimum Gasteiger partial charge on any atom is -0.299 e. The van der Waals surface area contributed by atoms with E-state index >= 15 is 0 Å². The largest absolute Gasteiger partial charge is 0.299 e. The van der Waals surface area contributed by atoms with Gasteiger partial charge < -0.3 is 0 Å². The van der Waals surface area contributed by atoms with Gasteiger partial charge in [-0.25, -0.2) is 4.98 Å². The molecule has 1 aliphatic heterocycles. The van der Waals surface area contributed by atoms with Gasteiger partial charge >= 0.3 is 0 Å². The summed E-state index contributed by atoms with van der Waals surface area (Å²) >= 11 is 4.60. The lowest BCUT2D eigenvalue weighted by molar-refractivity contribution is 1.07. The first-order chi connectivity index (χ1) is 5.27. The van der Waals surface area contributed by atoms with Gasteiger partial charge in [-0.2, -0.15) is 0 Å². The number of aromatic nitrogens is 1. The Morgan fingerprint density at radius 3 is 3.18 bits per heavy atom. The molecule has 0 saturated heterocycles. The lowest BCUT2D eigenvalue weighted by Crippen LogP contribution is -2.04. The monoisotopic (exact) mass is 372 g/mol. The number of halogens is 2. The second-order valence-electron chi connectivity index (χ2n) is 2.47. The Morgan fingerprint density at radius 1 is 1.55 bits per heavy atom. The summed E-state index contributed by atoms with van der Waals surface area (Å²) in [6.45, 7) is 1.10. The van der Waals surface area contributed by atoms with Gasteiger partial charge in [0.25, 0.3) is 0 Å². The average Bonchev–Trinajstić information content (AvgIpc) is 2.32. The van der Waals surface area contributed by atoms with Crippen LogP contribution in [-0.2, 0) is 6.42 Å². The van der Waals surface area contributed by atoms with Gasteiger partial charge in [0.1, 0.15) is 5.82 Å². The number of pyridine rings is 1. The molecule has 0 radical (unpaired) electrons. The normalized spacial score (nSPS) is 15.3. The molecule has 1 aromatic rings. The molecule has 2 heterocycles. The molecule has 0 aromatic carbocycles. The molecule has 1 aliphatic rings. The molecule has 2 rings (SSSR count). The van der Waals surface area contributed by atoms with Crippen LogP contribution in [0.25, 0.3) is 0 Å². The molecule has 58 valence electrons. The fourth-order valence-corrected chi connectivity index (χ4v) is 2.39. The first-order valence-electron chi connectivity index (χ1n) is 3.35.